The summed E-state index contributed by atoms with van der Waals surface area (Å²) in [5, 5.41) is 5.39. The van der Waals surface area contributed by atoms with E-state index in [0.29, 0.717) is 12.8 Å². The number of hydrogen-bond donors (Lipinski definition) is 0. The Labute approximate surface area is 104 Å². The van der Waals surface area contributed by atoms with Crippen LogP contribution in [0.1, 0.15) is 49.8 Å². The molecule has 0 spiro atoms. The van der Waals surface area contributed by atoms with Crippen molar-refractivity contribution in [3.8, 4) is 0 Å². The van der Waals surface area contributed by atoms with Crippen LogP contribution in [-0.4, -0.2) is 14.8 Å². The average Bonchev–Trinajstić information content (AvgIpc) is 2.73. The summed E-state index contributed by atoms with van der Waals surface area (Å²) >= 11 is 0. The maximum absolute atomic E-state index is 12.7. The van der Waals surface area contributed by atoms with Crippen LogP contribution in [0, 0.1) is 0 Å². The quantitative estimate of drug-likeness (QED) is 0.735. The Kier molecular flexibility index (Phi) is 3.48. The second kappa shape index (κ2) is 4.68. The van der Waals surface area contributed by atoms with Gasteiger partial charge < -0.3 is 0 Å². The minimum atomic E-state index is -4.94. The zero-order chi connectivity index (χ0) is 14.3. The molecule has 0 bridgehead atoms. The molecule has 3 nitrogen and oxygen atoms in total. The molecule has 0 N–H and O–H groups in total. The van der Waals surface area contributed by atoms with E-state index < -0.39 is 30.0 Å². The number of rotatable bonds is 1. The Morgan fingerprint density at radius 3 is 1.58 bits per heavy atom. The van der Waals surface area contributed by atoms with E-state index in [1.165, 1.54) is 0 Å². The summed E-state index contributed by atoms with van der Waals surface area (Å²) in [7, 11) is 0. The Morgan fingerprint density at radius 1 is 0.789 bits per heavy atom. The van der Waals surface area contributed by atoms with Crippen LogP contribution in [0.2, 0.25) is 0 Å². The molecule has 0 amide bonds. The normalized spacial score (nSPS) is 18.8. The lowest BCUT2D eigenvalue weighted by atomic mass is 9.95. The number of alkyl halides is 6. The van der Waals surface area contributed by atoms with Crippen LogP contribution < -0.4 is 0 Å². The molecule has 1 fully saturated rings. The van der Waals surface area contributed by atoms with Gasteiger partial charge in [-0.25, -0.2) is 0 Å². The van der Waals surface area contributed by atoms with E-state index in [1.807, 2.05) is 0 Å². The summed E-state index contributed by atoms with van der Waals surface area (Å²) in [6.45, 7) is 0. The van der Waals surface area contributed by atoms with Gasteiger partial charge in [0.05, 0.1) is 0 Å². The molecule has 1 aliphatic rings. The van der Waals surface area contributed by atoms with Crippen LogP contribution in [0.5, 0.6) is 0 Å². The minimum absolute atomic E-state index is 0.221. The van der Waals surface area contributed by atoms with Gasteiger partial charge in [0.15, 0.2) is 0 Å². The zero-order valence-electron chi connectivity index (χ0n) is 9.72. The number of halogens is 6. The van der Waals surface area contributed by atoms with Crippen LogP contribution in [0.15, 0.2) is 0 Å². The molecule has 0 aromatic carbocycles. The molecule has 9 heteroatoms. The first-order valence-electron chi connectivity index (χ1n) is 5.80. The predicted molar refractivity (Wildman–Crippen MR) is 52.1 cm³/mol. The molecule has 0 saturated heterocycles. The summed E-state index contributed by atoms with van der Waals surface area (Å²) in [5.41, 5.74) is 0. The molecule has 0 atom stereocenters. The molecule has 108 valence electrons. The van der Waals surface area contributed by atoms with Crippen molar-refractivity contribution in [2.45, 2.75) is 50.5 Å². The smallest absolute Gasteiger partial charge is 0.297 e. The lowest BCUT2D eigenvalue weighted by Gasteiger charge is -2.26. The van der Waals surface area contributed by atoms with E-state index in [1.54, 1.807) is 0 Å². The first-order valence-corrected chi connectivity index (χ1v) is 5.80. The topological polar surface area (TPSA) is 30.7 Å². The van der Waals surface area contributed by atoms with Gasteiger partial charge in [0.1, 0.15) is 0 Å². The highest BCUT2D eigenvalue weighted by atomic mass is 19.4. The van der Waals surface area contributed by atoms with Crippen LogP contribution >= 0.6 is 0 Å². The van der Waals surface area contributed by atoms with Gasteiger partial charge in [-0.3, -0.25) is 4.57 Å². The highest BCUT2D eigenvalue weighted by Crippen LogP contribution is 2.39. The maximum atomic E-state index is 12.7. The van der Waals surface area contributed by atoms with E-state index in [0.717, 1.165) is 6.42 Å². The first-order chi connectivity index (χ1) is 8.71. The summed E-state index contributed by atoms with van der Waals surface area (Å²) < 4.78 is 76.5. The maximum Gasteiger partial charge on any atom is 0.451 e. The van der Waals surface area contributed by atoms with Crippen molar-refractivity contribution in [3.05, 3.63) is 11.6 Å². The highest BCUT2D eigenvalue weighted by Gasteiger charge is 2.46. The van der Waals surface area contributed by atoms with Crippen molar-refractivity contribution in [1.29, 1.82) is 0 Å². The molecule has 1 aliphatic carbocycles. The monoisotopic (exact) mass is 287 g/mol. The van der Waals surface area contributed by atoms with Crippen LogP contribution in [0.4, 0.5) is 26.3 Å². The number of aromatic nitrogens is 3. The molecule has 1 heterocycles. The number of hydrogen-bond acceptors (Lipinski definition) is 2. The van der Waals surface area contributed by atoms with Crippen molar-refractivity contribution >= 4 is 0 Å². The van der Waals surface area contributed by atoms with Gasteiger partial charge in [0.25, 0.3) is 0 Å². The lowest BCUT2D eigenvalue weighted by molar-refractivity contribution is -0.157. The third kappa shape index (κ3) is 2.84. The van der Waals surface area contributed by atoms with Crippen LogP contribution in [0.3, 0.4) is 0 Å². The Hall–Kier alpha value is -1.28. The molecule has 1 aromatic heterocycles. The molecule has 0 unspecified atom stereocenters. The summed E-state index contributed by atoms with van der Waals surface area (Å²) in [6, 6.07) is -0.836. The molecule has 2 rings (SSSR count). The lowest BCUT2D eigenvalue weighted by Crippen LogP contribution is -2.25. The van der Waals surface area contributed by atoms with E-state index in [9.17, 15) is 26.3 Å². The second-order valence-electron chi connectivity index (χ2n) is 4.50. The number of nitrogens with zero attached hydrogens (tertiary/aromatic N) is 3. The first kappa shape index (κ1) is 14.1. The van der Waals surface area contributed by atoms with Gasteiger partial charge in [-0.1, -0.05) is 19.3 Å². The van der Waals surface area contributed by atoms with E-state index in [-0.39, 0.29) is 17.4 Å². The predicted octanol–water partition coefficient (Wildman–Crippen LogP) is 3.82. The molecular weight excluding hydrogens is 276 g/mol. The van der Waals surface area contributed by atoms with Gasteiger partial charge in [0, 0.05) is 6.04 Å². The van der Waals surface area contributed by atoms with Crippen molar-refractivity contribution in [1.82, 2.24) is 14.8 Å². The third-order valence-electron chi connectivity index (χ3n) is 3.14. The van der Waals surface area contributed by atoms with Crippen molar-refractivity contribution < 1.29 is 26.3 Å². The van der Waals surface area contributed by atoms with Crippen LogP contribution in [0.25, 0.3) is 0 Å². The van der Waals surface area contributed by atoms with Gasteiger partial charge in [-0.15, -0.1) is 10.2 Å². The largest absolute Gasteiger partial charge is 0.451 e. The van der Waals surface area contributed by atoms with Crippen LogP contribution in [-0.2, 0) is 12.4 Å². The molecular formula is C10H11F6N3. The fourth-order valence-corrected chi connectivity index (χ4v) is 2.36. The fourth-order valence-electron chi connectivity index (χ4n) is 2.36. The van der Waals surface area contributed by atoms with E-state index in [4.69, 9.17) is 0 Å². The molecule has 0 aliphatic heterocycles. The standard InChI is InChI=1S/C10H11F6N3/c11-9(12,13)7-17-18-8(10(14,15)16)19(7)6-4-2-1-3-5-6/h6H,1-5H2. The molecule has 1 aromatic rings. The summed E-state index contributed by atoms with van der Waals surface area (Å²) in [5.74, 6) is -3.13. The van der Waals surface area contributed by atoms with Crippen molar-refractivity contribution in [2.24, 2.45) is 0 Å². The summed E-state index contributed by atoms with van der Waals surface area (Å²) in [6.07, 6.45) is -7.27. The zero-order valence-corrected chi connectivity index (χ0v) is 9.72. The Balaban J connectivity index is 2.49. The Morgan fingerprint density at radius 2 is 1.21 bits per heavy atom. The van der Waals surface area contributed by atoms with Gasteiger partial charge in [0.2, 0.25) is 11.6 Å². The Bertz CT molecular complexity index is 410. The minimum Gasteiger partial charge on any atom is -0.297 e. The average molecular weight is 287 g/mol. The SMILES string of the molecule is FC(F)(F)c1nnc(C(F)(F)F)n1C1CCCCC1. The molecule has 19 heavy (non-hydrogen) atoms. The second-order valence-corrected chi connectivity index (χ2v) is 4.50. The van der Waals surface area contributed by atoms with Crippen molar-refractivity contribution in [2.75, 3.05) is 0 Å². The highest BCUT2D eigenvalue weighted by molar-refractivity contribution is 5.05. The molecule has 0 radical (unpaired) electrons. The van der Waals surface area contributed by atoms with E-state index >= 15 is 0 Å². The summed E-state index contributed by atoms with van der Waals surface area (Å²) in [4.78, 5) is 0. The van der Waals surface area contributed by atoms with Gasteiger partial charge in [-0.05, 0) is 12.8 Å². The van der Waals surface area contributed by atoms with Gasteiger partial charge in [-0.2, -0.15) is 26.3 Å². The van der Waals surface area contributed by atoms with E-state index in [2.05, 4.69) is 10.2 Å². The third-order valence-corrected chi connectivity index (χ3v) is 3.14. The fraction of sp³-hybridized carbons (Fsp3) is 0.800. The van der Waals surface area contributed by atoms with Gasteiger partial charge >= 0.3 is 12.4 Å². The van der Waals surface area contributed by atoms with Crippen molar-refractivity contribution in [3.63, 3.8) is 0 Å². The molecule has 1 saturated carbocycles.